The number of ether oxygens (including phenoxy) is 2. The molecule has 96 valence electrons. The van der Waals surface area contributed by atoms with Gasteiger partial charge in [0.15, 0.2) is 0 Å². The third kappa shape index (κ3) is 6.38. The van der Waals surface area contributed by atoms with Crippen molar-refractivity contribution in [3.8, 4) is 0 Å². The van der Waals surface area contributed by atoms with Crippen molar-refractivity contribution in [2.45, 2.75) is 70.5 Å². The standard InChI is InChI=1S/C12H24O2S2/c1-8(2)13-10(5)15-16-12(11-6-7-11)14-9(3)4/h8-12H,6-7H2,1-5H3. The number of rotatable bonds is 8. The maximum Gasteiger partial charge on any atom is 0.116 e. The average molecular weight is 264 g/mol. The van der Waals surface area contributed by atoms with Gasteiger partial charge in [0.1, 0.15) is 10.9 Å². The minimum Gasteiger partial charge on any atom is -0.364 e. The zero-order valence-electron chi connectivity index (χ0n) is 10.9. The predicted molar refractivity (Wildman–Crippen MR) is 73.6 cm³/mol. The highest BCUT2D eigenvalue weighted by Crippen LogP contribution is 2.45. The second kappa shape index (κ2) is 7.14. The summed E-state index contributed by atoms with van der Waals surface area (Å²) in [6.45, 7) is 10.5. The summed E-state index contributed by atoms with van der Waals surface area (Å²) in [6, 6.07) is 0. The minimum absolute atomic E-state index is 0.238. The summed E-state index contributed by atoms with van der Waals surface area (Å²) in [5, 5.41) is 0. The summed E-state index contributed by atoms with van der Waals surface area (Å²) in [5.41, 5.74) is 0.588. The van der Waals surface area contributed by atoms with Crippen molar-refractivity contribution in [3.63, 3.8) is 0 Å². The van der Waals surface area contributed by atoms with Gasteiger partial charge < -0.3 is 9.47 Å². The molecule has 0 aromatic rings. The topological polar surface area (TPSA) is 18.5 Å². The summed E-state index contributed by atoms with van der Waals surface area (Å²) in [7, 11) is 3.63. The van der Waals surface area contributed by atoms with E-state index in [-0.39, 0.29) is 5.44 Å². The first-order valence-electron chi connectivity index (χ1n) is 6.12. The third-order valence-electron chi connectivity index (χ3n) is 2.16. The summed E-state index contributed by atoms with van der Waals surface area (Å²) in [5.74, 6) is 0.770. The van der Waals surface area contributed by atoms with Crippen LogP contribution in [-0.4, -0.2) is 23.1 Å². The third-order valence-corrected chi connectivity index (χ3v) is 5.06. The minimum atomic E-state index is 0.238. The Hall–Kier alpha value is 0.620. The van der Waals surface area contributed by atoms with Gasteiger partial charge >= 0.3 is 0 Å². The molecule has 1 fully saturated rings. The van der Waals surface area contributed by atoms with E-state index < -0.39 is 0 Å². The molecule has 1 rings (SSSR count). The van der Waals surface area contributed by atoms with E-state index in [9.17, 15) is 0 Å². The van der Waals surface area contributed by atoms with Gasteiger partial charge in [0.05, 0.1) is 12.2 Å². The Morgan fingerprint density at radius 1 is 0.875 bits per heavy atom. The summed E-state index contributed by atoms with van der Waals surface area (Å²) < 4.78 is 11.6. The molecule has 0 saturated heterocycles. The second-order valence-corrected chi connectivity index (χ2v) is 7.50. The summed E-state index contributed by atoms with van der Waals surface area (Å²) in [6.07, 6.45) is 3.27. The van der Waals surface area contributed by atoms with Crippen LogP contribution in [0.1, 0.15) is 47.5 Å². The fourth-order valence-electron chi connectivity index (χ4n) is 1.39. The number of hydrogen-bond acceptors (Lipinski definition) is 4. The van der Waals surface area contributed by atoms with E-state index in [1.807, 2.05) is 10.8 Å². The smallest absolute Gasteiger partial charge is 0.116 e. The normalized spacial score (nSPS) is 20.4. The molecule has 16 heavy (non-hydrogen) atoms. The molecule has 0 radical (unpaired) electrons. The van der Waals surface area contributed by atoms with Crippen molar-refractivity contribution in [2.75, 3.05) is 0 Å². The molecular formula is C12H24O2S2. The van der Waals surface area contributed by atoms with Crippen LogP contribution in [0.4, 0.5) is 0 Å². The Bertz CT molecular complexity index is 193. The molecule has 2 unspecified atom stereocenters. The molecule has 0 heterocycles. The largest absolute Gasteiger partial charge is 0.364 e. The Labute approximate surface area is 108 Å². The first-order valence-corrected chi connectivity index (χ1v) is 8.39. The molecule has 0 aromatic heterocycles. The van der Waals surface area contributed by atoms with Crippen LogP contribution in [0.25, 0.3) is 0 Å². The molecule has 0 aromatic carbocycles. The first-order chi connectivity index (χ1) is 7.49. The molecule has 1 aliphatic rings. The van der Waals surface area contributed by atoms with E-state index in [2.05, 4.69) is 34.6 Å². The molecule has 0 bridgehead atoms. The molecule has 0 amide bonds. The van der Waals surface area contributed by atoms with Crippen molar-refractivity contribution in [3.05, 3.63) is 0 Å². The Kier molecular flexibility index (Phi) is 6.55. The van der Waals surface area contributed by atoms with Crippen LogP contribution in [-0.2, 0) is 9.47 Å². The lowest BCUT2D eigenvalue weighted by Crippen LogP contribution is -2.17. The monoisotopic (exact) mass is 264 g/mol. The van der Waals surface area contributed by atoms with E-state index in [4.69, 9.17) is 9.47 Å². The van der Waals surface area contributed by atoms with E-state index in [0.717, 1.165) is 5.92 Å². The fourth-order valence-corrected chi connectivity index (χ4v) is 4.16. The lowest BCUT2D eigenvalue weighted by atomic mass is 10.4. The highest BCUT2D eigenvalue weighted by atomic mass is 33.1. The van der Waals surface area contributed by atoms with E-state index in [1.165, 1.54) is 12.8 Å². The Balaban J connectivity index is 2.21. The van der Waals surface area contributed by atoms with Crippen molar-refractivity contribution >= 4 is 21.6 Å². The highest BCUT2D eigenvalue weighted by molar-refractivity contribution is 8.77. The summed E-state index contributed by atoms with van der Waals surface area (Å²) >= 11 is 0. The van der Waals surface area contributed by atoms with Crippen molar-refractivity contribution < 1.29 is 9.47 Å². The van der Waals surface area contributed by atoms with Crippen molar-refractivity contribution in [2.24, 2.45) is 5.92 Å². The number of hydrogen-bond donors (Lipinski definition) is 0. The molecule has 0 spiro atoms. The van der Waals surface area contributed by atoms with Crippen molar-refractivity contribution in [1.29, 1.82) is 0 Å². The van der Waals surface area contributed by atoms with Crippen LogP contribution in [0, 0.1) is 5.92 Å². The van der Waals surface area contributed by atoms with Gasteiger partial charge in [-0.3, -0.25) is 0 Å². The van der Waals surface area contributed by atoms with Crippen LogP contribution in [0.5, 0.6) is 0 Å². The molecule has 2 atom stereocenters. The van der Waals surface area contributed by atoms with Crippen LogP contribution >= 0.6 is 21.6 Å². The Morgan fingerprint density at radius 2 is 1.44 bits per heavy atom. The van der Waals surface area contributed by atoms with E-state index in [0.29, 0.717) is 17.6 Å². The quantitative estimate of drug-likeness (QED) is 0.480. The maximum absolute atomic E-state index is 5.92. The molecule has 0 aliphatic heterocycles. The SMILES string of the molecule is CC(C)OC(C)SSC(OC(C)C)C1CC1. The van der Waals surface area contributed by atoms with Gasteiger partial charge in [-0.2, -0.15) is 0 Å². The maximum atomic E-state index is 5.92. The lowest BCUT2D eigenvalue weighted by molar-refractivity contribution is 0.0487. The van der Waals surface area contributed by atoms with E-state index >= 15 is 0 Å². The fraction of sp³-hybridized carbons (Fsp3) is 1.00. The molecule has 0 N–H and O–H groups in total. The molecule has 4 heteroatoms. The van der Waals surface area contributed by atoms with Gasteiger partial charge in [-0.15, -0.1) is 0 Å². The van der Waals surface area contributed by atoms with Gasteiger partial charge in [-0.1, -0.05) is 21.6 Å². The molecular weight excluding hydrogens is 240 g/mol. The van der Waals surface area contributed by atoms with Crippen LogP contribution in [0.3, 0.4) is 0 Å². The van der Waals surface area contributed by atoms with Gasteiger partial charge in [-0.25, -0.2) is 0 Å². The predicted octanol–water partition coefficient (Wildman–Crippen LogP) is 4.30. The highest BCUT2D eigenvalue weighted by Gasteiger charge is 2.33. The molecule has 1 aliphatic carbocycles. The lowest BCUT2D eigenvalue weighted by Gasteiger charge is -2.21. The first kappa shape index (κ1) is 14.7. The van der Waals surface area contributed by atoms with Gasteiger partial charge in [0, 0.05) is 0 Å². The molecule has 1 saturated carbocycles. The van der Waals surface area contributed by atoms with Gasteiger partial charge in [-0.05, 0) is 53.4 Å². The zero-order valence-corrected chi connectivity index (χ0v) is 12.6. The zero-order chi connectivity index (χ0) is 12.1. The van der Waals surface area contributed by atoms with Crippen LogP contribution < -0.4 is 0 Å². The Morgan fingerprint density at radius 3 is 1.88 bits per heavy atom. The van der Waals surface area contributed by atoms with Crippen LogP contribution in [0.2, 0.25) is 0 Å². The second-order valence-electron chi connectivity index (χ2n) is 4.84. The average Bonchev–Trinajstić information content (AvgIpc) is 2.93. The molecule has 2 nitrogen and oxygen atoms in total. The van der Waals surface area contributed by atoms with Crippen molar-refractivity contribution in [1.82, 2.24) is 0 Å². The van der Waals surface area contributed by atoms with Crippen LogP contribution in [0.15, 0.2) is 0 Å². The van der Waals surface area contributed by atoms with Gasteiger partial charge in [0.2, 0.25) is 0 Å². The van der Waals surface area contributed by atoms with E-state index in [1.54, 1.807) is 10.8 Å². The van der Waals surface area contributed by atoms with Gasteiger partial charge in [0.25, 0.3) is 0 Å². The summed E-state index contributed by atoms with van der Waals surface area (Å²) in [4.78, 5) is 0.